The Hall–Kier alpha value is -1.60. The van der Waals surface area contributed by atoms with Crippen LogP contribution in [0.4, 0.5) is 9.18 Å². The van der Waals surface area contributed by atoms with E-state index in [2.05, 4.69) is 0 Å². The van der Waals surface area contributed by atoms with Crippen LogP contribution in [0.1, 0.15) is 16.8 Å². The predicted molar refractivity (Wildman–Crippen MR) is 80.4 cm³/mol. The summed E-state index contributed by atoms with van der Waals surface area (Å²) in [6, 6.07) is 3.32. The van der Waals surface area contributed by atoms with Crippen molar-refractivity contribution in [2.45, 2.75) is 12.5 Å². The van der Waals surface area contributed by atoms with E-state index in [4.69, 9.17) is 11.6 Å². The average Bonchev–Trinajstić information content (AvgIpc) is 3.05. The lowest BCUT2D eigenvalue weighted by molar-refractivity contribution is -0.126. The molecule has 0 N–H and O–H groups in total. The number of thioether (sulfide) groups is 1. The van der Waals surface area contributed by atoms with Gasteiger partial charge in [0.2, 0.25) is 5.91 Å². The first-order chi connectivity index (χ1) is 10.5. The van der Waals surface area contributed by atoms with Crippen LogP contribution in [0, 0.1) is 5.82 Å². The number of carbonyl (C=O) groups is 3. The normalized spacial score (nSPS) is 21.8. The summed E-state index contributed by atoms with van der Waals surface area (Å²) in [6.07, 6.45) is 0.544. The van der Waals surface area contributed by atoms with E-state index in [1.807, 2.05) is 0 Å². The maximum absolute atomic E-state index is 13.0. The molecule has 1 aromatic rings. The Labute approximate surface area is 135 Å². The second kappa shape index (κ2) is 5.89. The molecule has 116 valence electrons. The summed E-state index contributed by atoms with van der Waals surface area (Å²) in [4.78, 5) is 38.6. The molecule has 1 atom stereocenters. The molecular weight excluding hydrogens is 331 g/mol. The highest BCUT2D eigenvalue weighted by molar-refractivity contribution is 8.14. The number of amides is 3. The van der Waals surface area contributed by atoms with Gasteiger partial charge in [-0.1, -0.05) is 23.4 Å². The van der Waals surface area contributed by atoms with Crippen LogP contribution >= 0.6 is 23.4 Å². The van der Waals surface area contributed by atoms with Crippen LogP contribution in [0.5, 0.6) is 0 Å². The zero-order valence-electron chi connectivity index (χ0n) is 11.4. The van der Waals surface area contributed by atoms with Crippen LogP contribution < -0.4 is 0 Å². The fraction of sp³-hybridized carbons (Fsp3) is 0.357. The number of nitrogens with zero attached hydrogens (tertiary/aromatic N) is 2. The maximum Gasteiger partial charge on any atom is 0.289 e. The number of benzene rings is 1. The molecule has 2 heterocycles. The second-order valence-corrected chi connectivity index (χ2v) is 6.47. The SMILES string of the molecule is O=C(c1ccc(F)cc1Cl)N1CCC(N2C(=O)CSC2=O)C1. The third kappa shape index (κ3) is 2.70. The van der Waals surface area contributed by atoms with Gasteiger partial charge in [-0.15, -0.1) is 0 Å². The topological polar surface area (TPSA) is 57.7 Å². The standard InChI is InChI=1S/C14H12ClFN2O3S/c15-11-5-8(16)1-2-10(11)13(20)17-4-3-9(6-17)18-12(19)7-22-14(18)21/h1-2,5,9H,3-4,6-7H2. The molecule has 0 aromatic heterocycles. The van der Waals surface area contributed by atoms with Gasteiger partial charge in [-0.3, -0.25) is 19.3 Å². The van der Waals surface area contributed by atoms with Crippen molar-refractivity contribution in [1.29, 1.82) is 0 Å². The molecule has 2 fully saturated rings. The van der Waals surface area contributed by atoms with Crippen molar-refractivity contribution in [2.75, 3.05) is 18.8 Å². The quantitative estimate of drug-likeness (QED) is 0.828. The molecule has 3 amide bonds. The summed E-state index contributed by atoms with van der Waals surface area (Å²) in [5, 5.41) is -0.207. The van der Waals surface area contributed by atoms with Crippen molar-refractivity contribution in [3.05, 3.63) is 34.6 Å². The van der Waals surface area contributed by atoms with Crippen molar-refractivity contribution >= 4 is 40.4 Å². The number of hydrogen-bond acceptors (Lipinski definition) is 4. The van der Waals surface area contributed by atoms with Crippen molar-refractivity contribution < 1.29 is 18.8 Å². The molecule has 5 nitrogen and oxygen atoms in total. The molecule has 8 heteroatoms. The van der Waals surface area contributed by atoms with Crippen LogP contribution in [0.15, 0.2) is 18.2 Å². The van der Waals surface area contributed by atoms with E-state index in [9.17, 15) is 18.8 Å². The molecule has 2 saturated heterocycles. The Balaban J connectivity index is 1.73. The fourth-order valence-corrected chi connectivity index (χ4v) is 3.71. The number of halogens is 2. The van der Waals surface area contributed by atoms with E-state index < -0.39 is 5.82 Å². The second-order valence-electron chi connectivity index (χ2n) is 5.14. The molecule has 2 aliphatic rings. The third-order valence-electron chi connectivity index (χ3n) is 3.76. The Morgan fingerprint density at radius 2 is 2.14 bits per heavy atom. The number of hydrogen-bond donors (Lipinski definition) is 0. The molecular formula is C14H12ClFN2O3S. The Morgan fingerprint density at radius 1 is 1.36 bits per heavy atom. The van der Waals surface area contributed by atoms with E-state index in [1.54, 1.807) is 0 Å². The number of imide groups is 1. The van der Waals surface area contributed by atoms with Gasteiger partial charge in [0.15, 0.2) is 0 Å². The molecule has 2 aliphatic heterocycles. The highest BCUT2D eigenvalue weighted by Gasteiger charge is 2.40. The molecule has 0 saturated carbocycles. The lowest BCUT2D eigenvalue weighted by Gasteiger charge is -2.22. The van der Waals surface area contributed by atoms with Gasteiger partial charge in [0.25, 0.3) is 11.1 Å². The first-order valence-electron chi connectivity index (χ1n) is 6.70. The largest absolute Gasteiger partial charge is 0.336 e. The Morgan fingerprint density at radius 3 is 2.77 bits per heavy atom. The predicted octanol–water partition coefficient (Wildman–Crippen LogP) is 2.39. The zero-order chi connectivity index (χ0) is 15.9. The number of rotatable bonds is 2. The Kier molecular flexibility index (Phi) is 4.10. The smallest absolute Gasteiger partial charge is 0.289 e. The monoisotopic (exact) mass is 342 g/mol. The zero-order valence-corrected chi connectivity index (χ0v) is 13.0. The van der Waals surface area contributed by atoms with Gasteiger partial charge >= 0.3 is 0 Å². The summed E-state index contributed by atoms with van der Waals surface area (Å²) in [5.74, 6) is -0.882. The molecule has 1 unspecified atom stereocenters. The first-order valence-corrected chi connectivity index (χ1v) is 8.07. The van der Waals surface area contributed by atoms with Crippen LogP contribution in [0.2, 0.25) is 5.02 Å². The van der Waals surface area contributed by atoms with Crippen LogP contribution in [0.3, 0.4) is 0 Å². The summed E-state index contributed by atoms with van der Waals surface area (Å²) in [6.45, 7) is 0.712. The molecule has 0 spiro atoms. The van der Waals surface area contributed by atoms with Gasteiger partial charge in [0, 0.05) is 13.1 Å². The van der Waals surface area contributed by atoms with Gasteiger partial charge < -0.3 is 4.90 Å². The summed E-state index contributed by atoms with van der Waals surface area (Å²) in [5.41, 5.74) is 0.220. The van der Waals surface area contributed by atoms with E-state index in [0.29, 0.717) is 13.0 Å². The van der Waals surface area contributed by atoms with Crippen LogP contribution in [-0.2, 0) is 4.79 Å². The minimum atomic E-state index is -0.508. The summed E-state index contributed by atoms with van der Waals surface area (Å²) >= 11 is 6.88. The summed E-state index contributed by atoms with van der Waals surface area (Å²) < 4.78 is 13.0. The molecule has 1 aromatic carbocycles. The number of likely N-dealkylation sites (tertiary alicyclic amines) is 1. The van der Waals surface area contributed by atoms with Crippen LogP contribution in [0.25, 0.3) is 0 Å². The minimum absolute atomic E-state index is 0.0531. The number of carbonyl (C=O) groups excluding carboxylic acids is 3. The van der Waals surface area contributed by atoms with Gasteiger partial charge in [-0.25, -0.2) is 4.39 Å². The molecule has 3 rings (SSSR count). The molecule has 0 radical (unpaired) electrons. The van der Waals surface area contributed by atoms with Crippen molar-refractivity contribution in [1.82, 2.24) is 9.80 Å². The van der Waals surface area contributed by atoms with Crippen LogP contribution in [-0.4, -0.2) is 51.7 Å². The fourth-order valence-electron chi connectivity index (χ4n) is 2.69. The maximum atomic E-state index is 13.0. The van der Waals surface area contributed by atoms with E-state index in [1.165, 1.54) is 21.9 Å². The third-order valence-corrected chi connectivity index (χ3v) is 4.91. The molecule has 22 heavy (non-hydrogen) atoms. The van der Waals surface area contributed by atoms with Gasteiger partial charge in [0.05, 0.1) is 22.4 Å². The Bertz CT molecular complexity index is 653. The van der Waals surface area contributed by atoms with Crippen molar-refractivity contribution in [3.63, 3.8) is 0 Å². The lowest BCUT2D eigenvalue weighted by Crippen LogP contribution is -2.41. The molecule has 0 aliphatic carbocycles. The molecule has 0 bridgehead atoms. The van der Waals surface area contributed by atoms with E-state index >= 15 is 0 Å². The first kappa shape index (κ1) is 15.3. The van der Waals surface area contributed by atoms with E-state index in [-0.39, 0.29) is 46.0 Å². The van der Waals surface area contributed by atoms with Gasteiger partial charge in [-0.05, 0) is 24.6 Å². The minimum Gasteiger partial charge on any atom is -0.336 e. The lowest BCUT2D eigenvalue weighted by atomic mass is 10.2. The van der Waals surface area contributed by atoms with E-state index in [0.717, 1.165) is 17.8 Å². The highest BCUT2D eigenvalue weighted by Crippen LogP contribution is 2.28. The van der Waals surface area contributed by atoms with Gasteiger partial charge in [0.1, 0.15) is 5.82 Å². The average molecular weight is 343 g/mol. The van der Waals surface area contributed by atoms with Gasteiger partial charge in [-0.2, -0.15) is 0 Å². The summed E-state index contributed by atoms with van der Waals surface area (Å²) in [7, 11) is 0. The van der Waals surface area contributed by atoms with Crippen molar-refractivity contribution in [3.8, 4) is 0 Å². The highest BCUT2D eigenvalue weighted by atomic mass is 35.5. The van der Waals surface area contributed by atoms with Crippen molar-refractivity contribution in [2.24, 2.45) is 0 Å².